The third-order valence-electron chi connectivity index (χ3n) is 3.61. The molecule has 3 rings (SSSR count). The fourth-order valence-electron chi connectivity index (χ4n) is 2.41. The van der Waals surface area contributed by atoms with Crippen LogP contribution in [0.3, 0.4) is 0 Å². The second-order valence-electron chi connectivity index (χ2n) is 4.97. The second kappa shape index (κ2) is 5.54. The van der Waals surface area contributed by atoms with E-state index >= 15 is 0 Å². The summed E-state index contributed by atoms with van der Waals surface area (Å²) in [5.41, 5.74) is 0. The molecule has 1 aliphatic rings. The summed E-state index contributed by atoms with van der Waals surface area (Å²) in [6, 6.07) is 4.37. The highest BCUT2D eigenvalue weighted by Gasteiger charge is 2.21. The molecule has 0 saturated carbocycles. The molecule has 2 aromatic heterocycles. The highest BCUT2D eigenvalue weighted by atomic mass is 16.3. The smallest absolute Gasteiger partial charge is 0.147 e. The van der Waals surface area contributed by atoms with Crippen molar-refractivity contribution in [3.63, 3.8) is 0 Å². The highest BCUT2D eigenvalue weighted by molar-refractivity contribution is 4.97. The Morgan fingerprint density at radius 2 is 2.42 bits per heavy atom. The zero-order valence-electron chi connectivity index (χ0n) is 11.1. The van der Waals surface area contributed by atoms with Crippen LogP contribution in [0.15, 0.2) is 29.1 Å². The van der Waals surface area contributed by atoms with Crippen LogP contribution in [-0.4, -0.2) is 38.8 Å². The van der Waals surface area contributed by atoms with Crippen molar-refractivity contribution >= 4 is 0 Å². The van der Waals surface area contributed by atoms with E-state index in [1.54, 1.807) is 6.26 Å². The Labute approximate surface area is 112 Å². The maximum atomic E-state index is 5.30. The predicted molar refractivity (Wildman–Crippen MR) is 70.3 cm³/mol. The summed E-state index contributed by atoms with van der Waals surface area (Å²) in [4.78, 5) is 2.43. The lowest BCUT2D eigenvalue weighted by atomic mass is 10.2. The number of nitrogens with zero attached hydrogens (tertiary/aromatic N) is 4. The Kier molecular flexibility index (Phi) is 3.61. The van der Waals surface area contributed by atoms with Crippen molar-refractivity contribution in [3.05, 3.63) is 36.3 Å². The lowest BCUT2D eigenvalue weighted by Crippen LogP contribution is -2.44. The largest absolute Gasteiger partial charge is 0.468 e. The number of hydrogen-bond acceptors (Lipinski definition) is 5. The lowest BCUT2D eigenvalue weighted by molar-refractivity contribution is 0.159. The first-order valence-electron chi connectivity index (χ1n) is 6.67. The van der Waals surface area contributed by atoms with Gasteiger partial charge in [-0.05, 0) is 19.1 Å². The van der Waals surface area contributed by atoms with Gasteiger partial charge >= 0.3 is 0 Å². The summed E-state index contributed by atoms with van der Waals surface area (Å²) in [7, 11) is 0. The van der Waals surface area contributed by atoms with Gasteiger partial charge in [0.05, 0.1) is 19.4 Å². The van der Waals surface area contributed by atoms with Gasteiger partial charge in [0.15, 0.2) is 0 Å². The molecule has 1 unspecified atom stereocenters. The van der Waals surface area contributed by atoms with E-state index in [-0.39, 0.29) is 0 Å². The molecule has 6 nitrogen and oxygen atoms in total. The monoisotopic (exact) mass is 261 g/mol. The van der Waals surface area contributed by atoms with Crippen LogP contribution in [0, 0.1) is 0 Å². The van der Waals surface area contributed by atoms with Crippen LogP contribution < -0.4 is 5.32 Å². The van der Waals surface area contributed by atoms with E-state index < -0.39 is 0 Å². The van der Waals surface area contributed by atoms with Crippen LogP contribution in [-0.2, 0) is 19.6 Å². The normalized spacial score (nSPS) is 17.3. The molecule has 0 aromatic carbocycles. The Morgan fingerprint density at radius 3 is 3.26 bits per heavy atom. The Morgan fingerprint density at radius 1 is 1.47 bits per heavy atom. The van der Waals surface area contributed by atoms with Crippen molar-refractivity contribution in [1.29, 1.82) is 0 Å². The van der Waals surface area contributed by atoms with Gasteiger partial charge in [-0.1, -0.05) is 0 Å². The van der Waals surface area contributed by atoms with Crippen LogP contribution in [0.25, 0.3) is 0 Å². The Balaban J connectivity index is 1.47. The average molecular weight is 261 g/mol. The van der Waals surface area contributed by atoms with Crippen LogP contribution in [0.4, 0.5) is 0 Å². The van der Waals surface area contributed by atoms with Crippen LogP contribution in [0.5, 0.6) is 0 Å². The fourth-order valence-corrected chi connectivity index (χ4v) is 2.41. The quantitative estimate of drug-likeness (QED) is 0.865. The third kappa shape index (κ3) is 2.85. The van der Waals surface area contributed by atoms with Crippen molar-refractivity contribution in [1.82, 2.24) is 25.0 Å². The van der Waals surface area contributed by atoms with Crippen molar-refractivity contribution in [2.24, 2.45) is 0 Å². The number of furan rings is 1. The van der Waals surface area contributed by atoms with E-state index in [2.05, 4.69) is 31.9 Å². The minimum atomic E-state index is 0.473. The summed E-state index contributed by atoms with van der Waals surface area (Å²) in [5.74, 6) is 2.04. The topological polar surface area (TPSA) is 59.1 Å². The number of fused-ring (bicyclic) bond motifs is 1. The van der Waals surface area contributed by atoms with Gasteiger partial charge in [-0.3, -0.25) is 4.90 Å². The summed E-state index contributed by atoms with van der Waals surface area (Å²) >= 11 is 0. The van der Waals surface area contributed by atoms with E-state index in [9.17, 15) is 0 Å². The Hall–Kier alpha value is -1.66. The van der Waals surface area contributed by atoms with Gasteiger partial charge in [0, 0.05) is 25.7 Å². The lowest BCUT2D eigenvalue weighted by Gasteiger charge is -2.32. The molecule has 1 atom stereocenters. The van der Waals surface area contributed by atoms with Gasteiger partial charge in [0.25, 0.3) is 0 Å². The third-order valence-corrected chi connectivity index (χ3v) is 3.61. The molecule has 0 aliphatic carbocycles. The average Bonchev–Trinajstić information content (AvgIpc) is 3.08. The van der Waals surface area contributed by atoms with Gasteiger partial charge in [0.1, 0.15) is 17.9 Å². The van der Waals surface area contributed by atoms with E-state index in [4.69, 9.17) is 4.42 Å². The molecular weight excluding hydrogens is 242 g/mol. The SMILES string of the molecule is CC(CNCc1ccco1)N1CCn2cnnc2C1. The summed E-state index contributed by atoms with van der Waals surface area (Å²) in [5, 5.41) is 11.5. The summed E-state index contributed by atoms with van der Waals surface area (Å²) in [6.07, 6.45) is 3.52. The predicted octanol–water partition coefficient (Wildman–Crippen LogP) is 0.865. The van der Waals surface area contributed by atoms with Crippen molar-refractivity contribution in [2.75, 3.05) is 13.1 Å². The first-order valence-corrected chi connectivity index (χ1v) is 6.67. The van der Waals surface area contributed by atoms with Crippen molar-refractivity contribution in [3.8, 4) is 0 Å². The van der Waals surface area contributed by atoms with Gasteiger partial charge in [-0.2, -0.15) is 0 Å². The van der Waals surface area contributed by atoms with Gasteiger partial charge in [0.2, 0.25) is 0 Å². The zero-order chi connectivity index (χ0) is 13.1. The van der Waals surface area contributed by atoms with E-state index in [1.165, 1.54) is 0 Å². The minimum absolute atomic E-state index is 0.473. The minimum Gasteiger partial charge on any atom is -0.468 e. The zero-order valence-corrected chi connectivity index (χ0v) is 11.1. The first kappa shape index (κ1) is 12.4. The molecule has 0 radical (unpaired) electrons. The molecule has 0 bridgehead atoms. The highest BCUT2D eigenvalue weighted by Crippen LogP contribution is 2.12. The van der Waals surface area contributed by atoms with Gasteiger partial charge in [-0.25, -0.2) is 0 Å². The van der Waals surface area contributed by atoms with Crippen molar-refractivity contribution < 1.29 is 4.42 Å². The number of hydrogen-bond donors (Lipinski definition) is 1. The standard InChI is InChI=1S/C13H19N5O/c1-11(7-14-8-12-3-2-6-19-12)17-4-5-18-10-15-16-13(18)9-17/h2-3,6,10-11,14H,4-5,7-9H2,1H3. The van der Waals surface area contributed by atoms with Gasteiger partial charge < -0.3 is 14.3 Å². The molecule has 6 heteroatoms. The molecule has 1 aliphatic heterocycles. The van der Waals surface area contributed by atoms with Crippen molar-refractivity contribution in [2.45, 2.75) is 32.6 Å². The molecule has 0 amide bonds. The summed E-state index contributed by atoms with van der Waals surface area (Å²) < 4.78 is 7.42. The van der Waals surface area contributed by atoms with Crippen LogP contribution >= 0.6 is 0 Å². The molecule has 0 fully saturated rings. The molecule has 0 saturated heterocycles. The molecule has 1 N–H and O–H groups in total. The van der Waals surface area contributed by atoms with Gasteiger partial charge in [-0.15, -0.1) is 10.2 Å². The van der Waals surface area contributed by atoms with Crippen LogP contribution in [0.2, 0.25) is 0 Å². The molecule has 3 heterocycles. The molecular formula is C13H19N5O. The molecule has 19 heavy (non-hydrogen) atoms. The first-order chi connectivity index (χ1) is 9.33. The Bertz CT molecular complexity index is 507. The molecule has 102 valence electrons. The maximum Gasteiger partial charge on any atom is 0.147 e. The maximum absolute atomic E-state index is 5.30. The number of rotatable bonds is 5. The van der Waals surface area contributed by atoms with E-state index in [0.29, 0.717) is 6.04 Å². The number of aromatic nitrogens is 3. The number of nitrogens with one attached hydrogen (secondary N) is 1. The molecule has 2 aromatic rings. The summed E-state index contributed by atoms with van der Waals surface area (Å²) in [6.45, 7) is 6.86. The molecule has 0 spiro atoms. The fraction of sp³-hybridized carbons (Fsp3) is 0.538. The second-order valence-corrected chi connectivity index (χ2v) is 4.97. The van der Waals surface area contributed by atoms with Crippen LogP contribution in [0.1, 0.15) is 18.5 Å². The van der Waals surface area contributed by atoms with E-state index in [1.807, 2.05) is 18.5 Å². The van der Waals surface area contributed by atoms with E-state index in [0.717, 1.165) is 44.3 Å².